The second kappa shape index (κ2) is 8.53. The van der Waals surface area contributed by atoms with E-state index in [9.17, 15) is 14.3 Å². The summed E-state index contributed by atoms with van der Waals surface area (Å²) in [6.45, 7) is 4.09. The van der Waals surface area contributed by atoms with Crippen molar-refractivity contribution < 1.29 is 19.0 Å². The number of ether oxygens (including phenoxy) is 1. The van der Waals surface area contributed by atoms with E-state index >= 15 is 0 Å². The lowest BCUT2D eigenvalue weighted by Crippen LogP contribution is -2.38. The molecule has 0 saturated heterocycles. The van der Waals surface area contributed by atoms with Crippen molar-refractivity contribution >= 4 is 5.91 Å². The summed E-state index contributed by atoms with van der Waals surface area (Å²) in [6.07, 6.45) is 1.21. The molecule has 1 unspecified atom stereocenters. The molecule has 1 amide bonds. The van der Waals surface area contributed by atoms with Crippen LogP contribution in [0, 0.1) is 11.7 Å². The number of hydrogen-bond donors (Lipinski definition) is 2. The molecule has 0 fully saturated rings. The SMILES string of the molecule is CCC(CC)C(O)CNC(=O)COc1ccc(F)cc1. The molecule has 0 radical (unpaired) electrons. The molecule has 112 valence electrons. The third-order valence-corrected chi connectivity index (χ3v) is 3.28. The Kier molecular flexibility index (Phi) is 7.01. The van der Waals surface area contributed by atoms with Crippen molar-refractivity contribution in [2.75, 3.05) is 13.2 Å². The lowest BCUT2D eigenvalue weighted by Gasteiger charge is -2.20. The highest BCUT2D eigenvalue weighted by molar-refractivity contribution is 5.77. The number of benzene rings is 1. The van der Waals surface area contributed by atoms with Gasteiger partial charge in [-0.3, -0.25) is 4.79 Å². The number of nitrogens with one attached hydrogen (secondary N) is 1. The van der Waals surface area contributed by atoms with Crippen LogP contribution < -0.4 is 10.1 Å². The number of carbonyl (C=O) groups is 1. The zero-order chi connectivity index (χ0) is 15.0. The van der Waals surface area contributed by atoms with Gasteiger partial charge in [-0.25, -0.2) is 4.39 Å². The fraction of sp³-hybridized carbons (Fsp3) is 0.533. The van der Waals surface area contributed by atoms with Crippen molar-refractivity contribution in [1.29, 1.82) is 0 Å². The molecule has 5 heteroatoms. The maximum atomic E-state index is 12.7. The quantitative estimate of drug-likeness (QED) is 0.768. The van der Waals surface area contributed by atoms with Crippen LogP contribution in [0.3, 0.4) is 0 Å². The van der Waals surface area contributed by atoms with Crippen molar-refractivity contribution in [2.24, 2.45) is 5.92 Å². The first-order valence-electron chi connectivity index (χ1n) is 6.89. The molecule has 0 bridgehead atoms. The van der Waals surface area contributed by atoms with Gasteiger partial charge in [0.15, 0.2) is 6.61 Å². The van der Waals surface area contributed by atoms with E-state index in [1.54, 1.807) is 0 Å². The minimum absolute atomic E-state index is 0.152. The molecule has 0 saturated carbocycles. The summed E-state index contributed by atoms with van der Waals surface area (Å²) >= 11 is 0. The monoisotopic (exact) mass is 283 g/mol. The van der Waals surface area contributed by atoms with Crippen LogP contribution in [0.5, 0.6) is 5.75 Å². The Morgan fingerprint density at radius 3 is 2.45 bits per heavy atom. The smallest absolute Gasteiger partial charge is 0.258 e. The third kappa shape index (κ3) is 5.57. The van der Waals surface area contributed by atoms with Gasteiger partial charge in [-0.2, -0.15) is 0 Å². The maximum Gasteiger partial charge on any atom is 0.258 e. The number of carbonyl (C=O) groups excluding carboxylic acids is 1. The molecular weight excluding hydrogens is 261 g/mol. The first-order chi connectivity index (χ1) is 9.56. The highest BCUT2D eigenvalue weighted by atomic mass is 19.1. The Balaban J connectivity index is 2.28. The van der Waals surface area contributed by atoms with Gasteiger partial charge in [0.05, 0.1) is 6.10 Å². The number of aliphatic hydroxyl groups excluding tert-OH is 1. The summed E-state index contributed by atoms with van der Waals surface area (Å²) in [5.41, 5.74) is 0. The molecule has 0 aromatic heterocycles. The molecule has 1 aromatic rings. The number of amides is 1. The zero-order valence-corrected chi connectivity index (χ0v) is 11.9. The molecule has 1 atom stereocenters. The number of hydrogen-bond acceptors (Lipinski definition) is 3. The molecule has 2 N–H and O–H groups in total. The van der Waals surface area contributed by atoms with E-state index in [-0.39, 0.29) is 30.8 Å². The summed E-state index contributed by atoms with van der Waals surface area (Å²) in [5.74, 6) is -0.0372. The summed E-state index contributed by atoms with van der Waals surface area (Å²) < 4.78 is 17.9. The second-order valence-electron chi connectivity index (χ2n) is 4.69. The molecule has 4 nitrogen and oxygen atoms in total. The highest BCUT2D eigenvalue weighted by Gasteiger charge is 2.16. The number of aliphatic hydroxyl groups is 1. The summed E-state index contributed by atoms with van der Waals surface area (Å²) in [6, 6.07) is 5.46. The van der Waals surface area contributed by atoms with E-state index in [1.807, 2.05) is 13.8 Å². The molecule has 0 heterocycles. The average molecular weight is 283 g/mol. The molecule has 0 aliphatic rings. The van der Waals surface area contributed by atoms with E-state index in [1.165, 1.54) is 24.3 Å². The molecule has 20 heavy (non-hydrogen) atoms. The predicted octanol–water partition coefficient (Wildman–Crippen LogP) is 2.12. The topological polar surface area (TPSA) is 58.6 Å². The second-order valence-corrected chi connectivity index (χ2v) is 4.69. The summed E-state index contributed by atoms with van der Waals surface area (Å²) in [4.78, 5) is 11.6. The van der Waals surface area contributed by atoms with E-state index in [2.05, 4.69) is 5.32 Å². The van der Waals surface area contributed by atoms with Gasteiger partial charge < -0.3 is 15.2 Å². The van der Waals surface area contributed by atoms with Gasteiger partial charge in [0.2, 0.25) is 0 Å². The number of rotatable bonds is 8. The van der Waals surface area contributed by atoms with Gasteiger partial charge in [0.25, 0.3) is 5.91 Å². The Labute approximate surface area is 119 Å². The van der Waals surface area contributed by atoms with E-state index in [0.29, 0.717) is 5.75 Å². The molecule has 1 aromatic carbocycles. The van der Waals surface area contributed by atoms with Crippen LogP contribution in [0.1, 0.15) is 26.7 Å². The van der Waals surface area contributed by atoms with E-state index < -0.39 is 6.10 Å². The van der Waals surface area contributed by atoms with Crippen molar-refractivity contribution in [3.8, 4) is 5.75 Å². The molecule has 0 spiro atoms. The van der Waals surface area contributed by atoms with Crippen LogP contribution in [0.2, 0.25) is 0 Å². The van der Waals surface area contributed by atoms with Crippen LogP contribution >= 0.6 is 0 Å². The fourth-order valence-electron chi connectivity index (χ4n) is 1.95. The van der Waals surface area contributed by atoms with Gasteiger partial charge in [0, 0.05) is 6.54 Å². The van der Waals surface area contributed by atoms with Crippen molar-refractivity contribution in [1.82, 2.24) is 5.32 Å². The Morgan fingerprint density at radius 2 is 1.90 bits per heavy atom. The minimum Gasteiger partial charge on any atom is -0.484 e. The fourth-order valence-corrected chi connectivity index (χ4v) is 1.95. The van der Waals surface area contributed by atoms with Crippen LogP contribution in [0.25, 0.3) is 0 Å². The molecule has 0 aliphatic heterocycles. The highest BCUT2D eigenvalue weighted by Crippen LogP contribution is 2.12. The summed E-state index contributed by atoms with van der Waals surface area (Å²) in [7, 11) is 0. The maximum absolute atomic E-state index is 12.7. The van der Waals surface area contributed by atoms with Crippen molar-refractivity contribution in [3.05, 3.63) is 30.1 Å². The van der Waals surface area contributed by atoms with E-state index in [4.69, 9.17) is 4.74 Å². The van der Waals surface area contributed by atoms with Gasteiger partial charge in [0.1, 0.15) is 11.6 Å². The normalized spacial score (nSPS) is 12.2. The lowest BCUT2D eigenvalue weighted by atomic mass is 9.97. The molecule has 0 aliphatic carbocycles. The van der Waals surface area contributed by atoms with Gasteiger partial charge in [-0.15, -0.1) is 0 Å². The predicted molar refractivity (Wildman–Crippen MR) is 75.0 cm³/mol. The molecule has 1 rings (SSSR count). The van der Waals surface area contributed by atoms with Gasteiger partial charge >= 0.3 is 0 Å². The number of halogens is 1. The first kappa shape index (κ1) is 16.4. The molecular formula is C15H22FNO3. The minimum atomic E-state index is -0.542. The van der Waals surface area contributed by atoms with E-state index in [0.717, 1.165) is 12.8 Å². The van der Waals surface area contributed by atoms with Crippen LogP contribution in [-0.2, 0) is 4.79 Å². The Hall–Kier alpha value is -1.62. The first-order valence-corrected chi connectivity index (χ1v) is 6.89. The van der Waals surface area contributed by atoms with Crippen molar-refractivity contribution in [2.45, 2.75) is 32.8 Å². The van der Waals surface area contributed by atoms with Crippen LogP contribution in [0.4, 0.5) is 4.39 Å². The van der Waals surface area contributed by atoms with Gasteiger partial charge in [-0.05, 0) is 30.2 Å². The summed E-state index contributed by atoms with van der Waals surface area (Å²) in [5, 5.41) is 12.5. The van der Waals surface area contributed by atoms with Gasteiger partial charge in [-0.1, -0.05) is 26.7 Å². The van der Waals surface area contributed by atoms with Crippen molar-refractivity contribution in [3.63, 3.8) is 0 Å². The standard InChI is InChI=1S/C15H22FNO3/c1-3-11(4-2)14(18)9-17-15(19)10-20-13-7-5-12(16)6-8-13/h5-8,11,14,18H,3-4,9-10H2,1-2H3,(H,17,19). The average Bonchev–Trinajstić information content (AvgIpc) is 2.45. The third-order valence-electron chi connectivity index (χ3n) is 3.28. The van der Waals surface area contributed by atoms with Crippen LogP contribution in [-0.4, -0.2) is 30.3 Å². The van der Waals surface area contributed by atoms with Crippen LogP contribution in [0.15, 0.2) is 24.3 Å². The Bertz CT molecular complexity index is 404. The lowest BCUT2D eigenvalue weighted by molar-refractivity contribution is -0.123. The zero-order valence-electron chi connectivity index (χ0n) is 11.9. The largest absolute Gasteiger partial charge is 0.484 e. The Morgan fingerprint density at radius 1 is 1.30 bits per heavy atom.